The van der Waals surface area contributed by atoms with E-state index in [1.54, 1.807) is 0 Å². The van der Waals surface area contributed by atoms with Crippen molar-refractivity contribution < 1.29 is 0 Å². The van der Waals surface area contributed by atoms with Gasteiger partial charge in [0.2, 0.25) is 0 Å². The number of anilines is 12. The van der Waals surface area contributed by atoms with Crippen molar-refractivity contribution in [2.75, 3.05) is 19.6 Å². The molecule has 0 aliphatic rings. The van der Waals surface area contributed by atoms with Crippen LogP contribution in [-0.2, 0) is 0 Å². The standard InChI is InChI=1S/C70H52N4/c1-7-19-59(20-8-1)71(60-21-9-2-10-22-60)65-41-31-53(32-42-65)54-33-43-66(44-34-54)72(61-23-11-3-12-24-61)67-45-35-55(36-46-67)56-37-47-68(48-38-56)74(64-29-17-6-18-30-64)70-50-40-57-51-69(49-39-58(57)52-70)73(62-25-13-4-14-26-62)63-27-15-5-16-28-63/h1-52H. The lowest BCUT2D eigenvalue weighted by Crippen LogP contribution is -2.10. The van der Waals surface area contributed by atoms with Crippen molar-refractivity contribution in [3.63, 3.8) is 0 Å². The highest BCUT2D eigenvalue weighted by atomic mass is 15.2. The van der Waals surface area contributed by atoms with Gasteiger partial charge in [-0.1, -0.05) is 170 Å². The Morgan fingerprint density at radius 3 is 0.500 bits per heavy atom. The lowest BCUT2D eigenvalue weighted by molar-refractivity contribution is 1.28. The van der Waals surface area contributed by atoms with E-state index in [9.17, 15) is 0 Å². The Balaban J connectivity index is 0.800. The number of nitrogens with zero attached hydrogens (tertiary/aromatic N) is 4. The molecule has 352 valence electrons. The third kappa shape index (κ3) is 9.51. The molecule has 0 aromatic heterocycles. The minimum atomic E-state index is 1.09. The van der Waals surface area contributed by atoms with Gasteiger partial charge < -0.3 is 19.6 Å². The van der Waals surface area contributed by atoms with Crippen LogP contribution >= 0.6 is 0 Å². The first-order chi connectivity index (χ1) is 36.7. The third-order valence-electron chi connectivity index (χ3n) is 13.6. The van der Waals surface area contributed by atoms with E-state index >= 15 is 0 Å². The summed E-state index contributed by atoms with van der Waals surface area (Å²) in [4.78, 5) is 9.26. The number of hydrogen-bond donors (Lipinski definition) is 0. The second-order valence-electron chi connectivity index (χ2n) is 18.3. The van der Waals surface area contributed by atoms with Crippen LogP contribution in [0.2, 0.25) is 0 Å². The van der Waals surface area contributed by atoms with E-state index in [1.165, 1.54) is 10.8 Å². The smallest absolute Gasteiger partial charge is 0.0468 e. The van der Waals surface area contributed by atoms with Crippen LogP contribution in [-0.4, -0.2) is 0 Å². The van der Waals surface area contributed by atoms with E-state index in [2.05, 4.69) is 335 Å². The summed E-state index contributed by atoms with van der Waals surface area (Å²) >= 11 is 0. The van der Waals surface area contributed by atoms with Crippen molar-refractivity contribution in [2.24, 2.45) is 0 Å². The third-order valence-corrected chi connectivity index (χ3v) is 13.6. The van der Waals surface area contributed by atoms with Gasteiger partial charge in [-0.15, -0.1) is 0 Å². The molecule has 0 saturated heterocycles. The zero-order valence-corrected chi connectivity index (χ0v) is 40.8. The highest BCUT2D eigenvalue weighted by Gasteiger charge is 2.18. The van der Waals surface area contributed by atoms with Gasteiger partial charge in [0.1, 0.15) is 0 Å². The van der Waals surface area contributed by atoms with Gasteiger partial charge in [-0.25, -0.2) is 0 Å². The minimum Gasteiger partial charge on any atom is -0.311 e. The van der Waals surface area contributed by atoms with Crippen molar-refractivity contribution in [1.82, 2.24) is 0 Å². The molecule has 0 N–H and O–H groups in total. The van der Waals surface area contributed by atoms with Gasteiger partial charge in [0, 0.05) is 68.2 Å². The summed E-state index contributed by atoms with van der Waals surface area (Å²) in [5.41, 5.74) is 17.9. The first-order valence-corrected chi connectivity index (χ1v) is 25.2. The predicted molar refractivity (Wildman–Crippen MR) is 314 cm³/mol. The van der Waals surface area contributed by atoms with Crippen LogP contribution in [0.3, 0.4) is 0 Å². The average Bonchev–Trinajstić information content (AvgIpc) is 3.48. The van der Waals surface area contributed by atoms with Crippen LogP contribution in [0.5, 0.6) is 0 Å². The molecule has 0 spiro atoms. The second-order valence-corrected chi connectivity index (χ2v) is 18.3. The van der Waals surface area contributed by atoms with E-state index in [0.29, 0.717) is 0 Å². The van der Waals surface area contributed by atoms with E-state index in [0.717, 1.165) is 90.5 Å². The van der Waals surface area contributed by atoms with Crippen LogP contribution < -0.4 is 19.6 Å². The molecule has 4 nitrogen and oxygen atoms in total. The van der Waals surface area contributed by atoms with Gasteiger partial charge >= 0.3 is 0 Å². The Bertz CT molecular complexity index is 3650. The zero-order chi connectivity index (χ0) is 49.5. The lowest BCUT2D eigenvalue weighted by Gasteiger charge is -2.27. The maximum atomic E-state index is 2.34. The van der Waals surface area contributed by atoms with Gasteiger partial charge in [-0.3, -0.25) is 0 Å². The van der Waals surface area contributed by atoms with E-state index in [4.69, 9.17) is 0 Å². The largest absolute Gasteiger partial charge is 0.311 e. The van der Waals surface area contributed by atoms with Gasteiger partial charge in [0.15, 0.2) is 0 Å². The Kier molecular flexibility index (Phi) is 12.7. The lowest BCUT2D eigenvalue weighted by atomic mass is 10.0. The summed E-state index contributed by atoms with van der Waals surface area (Å²) in [6, 6.07) is 113. The summed E-state index contributed by atoms with van der Waals surface area (Å²) in [6.07, 6.45) is 0. The fourth-order valence-electron chi connectivity index (χ4n) is 9.96. The fourth-order valence-corrected chi connectivity index (χ4v) is 9.96. The Morgan fingerprint density at radius 1 is 0.135 bits per heavy atom. The van der Waals surface area contributed by atoms with Gasteiger partial charge in [0.25, 0.3) is 0 Å². The monoisotopic (exact) mass is 948 g/mol. The maximum Gasteiger partial charge on any atom is 0.0468 e. The molecule has 0 saturated carbocycles. The first-order valence-electron chi connectivity index (χ1n) is 25.2. The molecule has 0 atom stereocenters. The predicted octanol–water partition coefficient (Wildman–Crippen LogP) is 20.1. The molecule has 12 rings (SSSR count). The van der Waals surface area contributed by atoms with E-state index in [1.807, 2.05) is 0 Å². The molecular formula is C70H52N4. The minimum absolute atomic E-state index is 1.09. The molecule has 12 aromatic rings. The molecule has 0 aliphatic heterocycles. The Morgan fingerprint density at radius 2 is 0.297 bits per heavy atom. The van der Waals surface area contributed by atoms with Crippen molar-refractivity contribution in [3.05, 3.63) is 315 Å². The highest BCUT2D eigenvalue weighted by Crippen LogP contribution is 2.42. The van der Waals surface area contributed by atoms with E-state index < -0.39 is 0 Å². The van der Waals surface area contributed by atoms with Gasteiger partial charge in [0.05, 0.1) is 0 Å². The fraction of sp³-hybridized carbons (Fsp3) is 0. The van der Waals surface area contributed by atoms with Crippen LogP contribution in [0.25, 0.3) is 33.0 Å². The van der Waals surface area contributed by atoms with Crippen LogP contribution in [0.15, 0.2) is 315 Å². The van der Waals surface area contributed by atoms with Crippen molar-refractivity contribution in [2.45, 2.75) is 0 Å². The molecule has 0 fully saturated rings. The van der Waals surface area contributed by atoms with Crippen LogP contribution in [0.4, 0.5) is 68.2 Å². The molecule has 0 amide bonds. The number of para-hydroxylation sites is 6. The normalized spacial score (nSPS) is 11.0. The van der Waals surface area contributed by atoms with Crippen molar-refractivity contribution in [1.29, 1.82) is 0 Å². The molecule has 0 unspecified atom stereocenters. The summed E-state index contributed by atoms with van der Waals surface area (Å²) in [7, 11) is 0. The molecule has 4 heteroatoms. The van der Waals surface area contributed by atoms with Crippen molar-refractivity contribution in [3.8, 4) is 22.3 Å². The van der Waals surface area contributed by atoms with E-state index in [-0.39, 0.29) is 0 Å². The Hall–Kier alpha value is -9.90. The molecule has 0 radical (unpaired) electrons. The number of benzene rings is 12. The van der Waals surface area contributed by atoms with Crippen LogP contribution in [0.1, 0.15) is 0 Å². The van der Waals surface area contributed by atoms with Gasteiger partial charge in [-0.2, -0.15) is 0 Å². The maximum absolute atomic E-state index is 2.34. The average molecular weight is 949 g/mol. The van der Waals surface area contributed by atoms with Crippen LogP contribution in [0, 0.1) is 0 Å². The van der Waals surface area contributed by atoms with Crippen molar-refractivity contribution >= 4 is 79.0 Å². The summed E-state index contributed by atoms with van der Waals surface area (Å²) in [5, 5.41) is 2.35. The quantitative estimate of drug-likeness (QED) is 0.108. The molecule has 0 aliphatic carbocycles. The molecule has 12 aromatic carbocycles. The Labute approximate surface area is 434 Å². The zero-order valence-electron chi connectivity index (χ0n) is 40.8. The second kappa shape index (κ2) is 20.8. The summed E-state index contributed by atoms with van der Waals surface area (Å²) < 4.78 is 0. The number of hydrogen-bond acceptors (Lipinski definition) is 4. The highest BCUT2D eigenvalue weighted by molar-refractivity contribution is 5.93. The molecular weight excluding hydrogens is 897 g/mol. The van der Waals surface area contributed by atoms with Gasteiger partial charge in [-0.05, 0) is 179 Å². The molecule has 0 heterocycles. The first kappa shape index (κ1) is 45.3. The molecule has 74 heavy (non-hydrogen) atoms. The summed E-state index contributed by atoms with van der Waals surface area (Å²) in [6.45, 7) is 0. The number of rotatable bonds is 14. The SMILES string of the molecule is c1ccc(N(c2ccccc2)c2ccc(-c3ccc(N(c4ccccc4)c4ccc(-c5ccc(N(c6ccccc6)c6ccc7cc(N(c8ccccc8)c8ccccc8)ccc7c6)cc5)cc4)cc3)cc2)cc1. The summed E-state index contributed by atoms with van der Waals surface area (Å²) in [5.74, 6) is 0. The number of fused-ring (bicyclic) bond motifs is 1. The topological polar surface area (TPSA) is 13.0 Å². The molecule has 0 bridgehead atoms.